The Morgan fingerprint density at radius 1 is 1.53 bits per heavy atom. The van der Waals surface area contributed by atoms with Crippen molar-refractivity contribution in [3.63, 3.8) is 0 Å². The molecule has 0 spiro atoms. The summed E-state index contributed by atoms with van der Waals surface area (Å²) < 4.78 is 13.1. The van der Waals surface area contributed by atoms with Crippen LogP contribution in [0.25, 0.3) is 0 Å². The molecule has 0 saturated carbocycles. The monoisotopic (exact) mass is 279 g/mol. The summed E-state index contributed by atoms with van der Waals surface area (Å²) in [5.74, 6) is -0.666. The fourth-order valence-electron chi connectivity index (χ4n) is 1.57. The summed E-state index contributed by atoms with van der Waals surface area (Å²) in [5.41, 5.74) is 6.52. The highest BCUT2D eigenvalue weighted by Gasteiger charge is 2.18. The first-order chi connectivity index (χ1) is 8.99. The number of benzene rings is 1. The highest BCUT2D eigenvalue weighted by atomic mass is 32.1. The van der Waals surface area contributed by atoms with Gasteiger partial charge in [-0.1, -0.05) is 6.07 Å². The van der Waals surface area contributed by atoms with Crippen LogP contribution in [-0.2, 0) is 0 Å². The number of hydrogen-bond acceptors (Lipinski definition) is 4. The van der Waals surface area contributed by atoms with E-state index in [1.807, 2.05) is 6.92 Å². The van der Waals surface area contributed by atoms with Gasteiger partial charge < -0.3 is 10.6 Å². The van der Waals surface area contributed by atoms with E-state index >= 15 is 0 Å². The molecular formula is C13H14FN3OS. The molecule has 4 nitrogen and oxygen atoms in total. The van der Waals surface area contributed by atoms with Gasteiger partial charge in [-0.2, -0.15) is 0 Å². The first-order valence-corrected chi connectivity index (χ1v) is 6.61. The zero-order valence-corrected chi connectivity index (χ0v) is 11.4. The molecule has 2 N–H and O–H groups in total. The smallest absolute Gasteiger partial charge is 0.277 e. The molecule has 6 heteroatoms. The lowest BCUT2D eigenvalue weighted by atomic mass is 10.2. The third-order valence-corrected chi connectivity index (χ3v) is 3.68. The largest absolute Gasteiger partial charge is 0.322 e. The van der Waals surface area contributed by atoms with Crippen LogP contribution in [0.2, 0.25) is 0 Å². The number of amides is 1. The normalized spacial score (nSPS) is 12.2. The molecule has 1 atom stereocenters. The van der Waals surface area contributed by atoms with Gasteiger partial charge in [-0.3, -0.25) is 4.79 Å². The van der Waals surface area contributed by atoms with Crippen LogP contribution < -0.4 is 10.6 Å². The van der Waals surface area contributed by atoms with Crippen molar-refractivity contribution in [1.82, 2.24) is 4.98 Å². The molecule has 0 saturated heterocycles. The van der Waals surface area contributed by atoms with Crippen molar-refractivity contribution in [3.8, 4) is 0 Å². The Bertz CT molecular complexity index is 597. The lowest BCUT2D eigenvalue weighted by Crippen LogP contribution is -2.26. The number of nitrogens with zero attached hydrogens (tertiary/aromatic N) is 2. The summed E-state index contributed by atoms with van der Waals surface area (Å²) in [7, 11) is 1.59. The predicted molar refractivity (Wildman–Crippen MR) is 73.8 cm³/mol. The average molecular weight is 279 g/mol. The number of carbonyl (C=O) groups excluding carboxylic acids is 1. The van der Waals surface area contributed by atoms with E-state index < -0.39 is 0 Å². The van der Waals surface area contributed by atoms with Crippen LogP contribution in [0.15, 0.2) is 29.6 Å². The highest BCUT2D eigenvalue weighted by Crippen LogP contribution is 2.20. The van der Waals surface area contributed by atoms with Crippen molar-refractivity contribution in [2.45, 2.75) is 13.0 Å². The molecule has 1 amide bonds. The molecule has 100 valence electrons. The lowest BCUT2D eigenvalue weighted by Gasteiger charge is -2.15. The van der Waals surface area contributed by atoms with Crippen LogP contribution in [0, 0.1) is 5.82 Å². The van der Waals surface area contributed by atoms with Crippen molar-refractivity contribution in [3.05, 3.63) is 46.2 Å². The third-order valence-electron chi connectivity index (χ3n) is 2.63. The SMILES string of the molecule is CC(N)c1nc(C(=O)N(C)c2cccc(F)c2)cs1. The number of thiazole rings is 1. The van der Waals surface area contributed by atoms with E-state index in [-0.39, 0.29) is 17.8 Å². The maximum atomic E-state index is 13.1. The van der Waals surface area contributed by atoms with E-state index in [0.717, 1.165) is 0 Å². The Labute approximate surface area is 114 Å². The van der Waals surface area contributed by atoms with Crippen molar-refractivity contribution in [2.24, 2.45) is 5.73 Å². The van der Waals surface area contributed by atoms with Gasteiger partial charge in [-0.05, 0) is 25.1 Å². The van der Waals surface area contributed by atoms with E-state index in [1.54, 1.807) is 24.6 Å². The number of rotatable bonds is 3. The summed E-state index contributed by atoms with van der Waals surface area (Å²) in [6.07, 6.45) is 0. The average Bonchev–Trinajstić information content (AvgIpc) is 2.86. The fourth-order valence-corrected chi connectivity index (χ4v) is 2.32. The van der Waals surface area contributed by atoms with Gasteiger partial charge in [0.05, 0.1) is 6.04 Å². The molecule has 19 heavy (non-hydrogen) atoms. The molecule has 1 unspecified atom stereocenters. The molecular weight excluding hydrogens is 265 g/mol. The number of aromatic nitrogens is 1. The molecule has 0 aliphatic carbocycles. The molecule has 0 bridgehead atoms. The van der Waals surface area contributed by atoms with Crippen LogP contribution in [0.3, 0.4) is 0 Å². The third kappa shape index (κ3) is 2.97. The maximum Gasteiger partial charge on any atom is 0.277 e. The second-order valence-corrected chi connectivity index (χ2v) is 5.09. The van der Waals surface area contributed by atoms with E-state index in [4.69, 9.17) is 5.73 Å². The van der Waals surface area contributed by atoms with Gasteiger partial charge >= 0.3 is 0 Å². The quantitative estimate of drug-likeness (QED) is 0.939. The zero-order chi connectivity index (χ0) is 14.0. The Morgan fingerprint density at radius 2 is 2.26 bits per heavy atom. The van der Waals surface area contributed by atoms with Gasteiger partial charge in [-0.25, -0.2) is 9.37 Å². The van der Waals surface area contributed by atoms with E-state index in [1.165, 1.54) is 28.4 Å². The van der Waals surface area contributed by atoms with Gasteiger partial charge in [0.2, 0.25) is 0 Å². The van der Waals surface area contributed by atoms with Crippen LogP contribution in [-0.4, -0.2) is 17.9 Å². The number of halogens is 1. The van der Waals surface area contributed by atoms with Crippen molar-refractivity contribution in [1.29, 1.82) is 0 Å². The van der Waals surface area contributed by atoms with Crippen LogP contribution >= 0.6 is 11.3 Å². The van der Waals surface area contributed by atoms with Crippen LogP contribution in [0.4, 0.5) is 10.1 Å². The molecule has 0 fully saturated rings. The fraction of sp³-hybridized carbons (Fsp3) is 0.231. The number of nitrogens with two attached hydrogens (primary N) is 1. The lowest BCUT2D eigenvalue weighted by molar-refractivity contribution is 0.0988. The van der Waals surface area contributed by atoms with Crippen molar-refractivity contribution < 1.29 is 9.18 Å². The topological polar surface area (TPSA) is 59.2 Å². The first-order valence-electron chi connectivity index (χ1n) is 5.73. The van der Waals surface area contributed by atoms with Gasteiger partial charge in [0, 0.05) is 18.1 Å². The summed E-state index contributed by atoms with van der Waals surface area (Å²) in [4.78, 5) is 17.8. The van der Waals surface area contributed by atoms with Gasteiger partial charge in [0.15, 0.2) is 0 Å². The minimum absolute atomic E-state index is 0.203. The van der Waals surface area contributed by atoms with Gasteiger partial charge in [0.1, 0.15) is 16.5 Å². The molecule has 2 aromatic rings. The molecule has 1 aromatic heterocycles. The maximum absolute atomic E-state index is 13.1. The zero-order valence-electron chi connectivity index (χ0n) is 10.6. The number of anilines is 1. The predicted octanol–water partition coefficient (Wildman–Crippen LogP) is 2.58. The molecule has 1 aromatic carbocycles. The summed E-state index contributed by atoms with van der Waals surface area (Å²) in [5, 5.41) is 2.37. The second kappa shape index (κ2) is 5.46. The Balaban J connectivity index is 2.23. The van der Waals surface area contributed by atoms with Crippen molar-refractivity contribution in [2.75, 3.05) is 11.9 Å². The molecule has 0 aliphatic rings. The Kier molecular flexibility index (Phi) is 3.92. The van der Waals surface area contributed by atoms with E-state index in [9.17, 15) is 9.18 Å². The summed E-state index contributed by atoms with van der Waals surface area (Å²) in [6, 6.07) is 5.66. The van der Waals surface area contributed by atoms with E-state index in [2.05, 4.69) is 4.98 Å². The van der Waals surface area contributed by atoms with Crippen LogP contribution in [0.5, 0.6) is 0 Å². The van der Waals surface area contributed by atoms with Crippen molar-refractivity contribution >= 4 is 22.9 Å². The van der Waals surface area contributed by atoms with Gasteiger partial charge in [0.25, 0.3) is 5.91 Å². The molecule has 0 aliphatic heterocycles. The van der Waals surface area contributed by atoms with E-state index in [0.29, 0.717) is 16.4 Å². The first kappa shape index (κ1) is 13.6. The standard InChI is InChI=1S/C13H14FN3OS/c1-8(15)12-16-11(7-19-12)13(18)17(2)10-5-3-4-9(14)6-10/h3-8H,15H2,1-2H3. The Morgan fingerprint density at radius 3 is 2.84 bits per heavy atom. The molecule has 2 rings (SSSR count). The molecule has 0 radical (unpaired) electrons. The minimum atomic E-state index is -0.383. The Hall–Kier alpha value is -1.79. The highest BCUT2D eigenvalue weighted by molar-refractivity contribution is 7.09. The van der Waals surface area contributed by atoms with Crippen LogP contribution in [0.1, 0.15) is 28.5 Å². The summed E-state index contributed by atoms with van der Waals surface area (Å²) in [6.45, 7) is 1.81. The second-order valence-electron chi connectivity index (χ2n) is 4.20. The summed E-state index contributed by atoms with van der Waals surface area (Å²) >= 11 is 1.34. The number of carbonyl (C=O) groups is 1. The minimum Gasteiger partial charge on any atom is -0.322 e. The number of hydrogen-bond donors (Lipinski definition) is 1. The van der Waals surface area contributed by atoms with Gasteiger partial charge in [-0.15, -0.1) is 11.3 Å². The molecule has 1 heterocycles.